The van der Waals surface area contributed by atoms with Crippen LogP contribution in [0.2, 0.25) is 0 Å². The van der Waals surface area contributed by atoms with Crippen molar-refractivity contribution in [3.63, 3.8) is 0 Å². The van der Waals surface area contributed by atoms with Crippen LogP contribution >= 0.6 is 0 Å². The summed E-state index contributed by atoms with van der Waals surface area (Å²) >= 11 is 0. The van der Waals surface area contributed by atoms with Gasteiger partial charge in [-0.1, -0.05) is 19.1 Å². The van der Waals surface area contributed by atoms with Crippen LogP contribution in [0.5, 0.6) is 0 Å². The van der Waals surface area contributed by atoms with E-state index in [4.69, 9.17) is 0 Å². The van der Waals surface area contributed by atoms with Crippen molar-refractivity contribution in [2.75, 3.05) is 20.1 Å². The highest BCUT2D eigenvalue weighted by Crippen LogP contribution is 2.16. The summed E-state index contributed by atoms with van der Waals surface area (Å²) in [7, 11) is 2.09. The number of rotatable bonds is 4. The van der Waals surface area contributed by atoms with E-state index in [1.165, 1.54) is 12.5 Å². The number of hydrogen-bond donors (Lipinski definition) is 1. The molecular weight excluding hydrogens is 215 g/mol. The standard InChI is InChI=1S/C14H21FN2/c1-11-6-7-16-14(11)10-17(2)9-12-4-3-5-13(15)8-12/h3-5,8,11,14,16H,6-7,9-10H2,1-2H3. The van der Waals surface area contributed by atoms with Crippen LogP contribution in [0, 0.1) is 11.7 Å². The lowest BCUT2D eigenvalue weighted by Crippen LogP contribution is -2.37. The van der Waals surface area contributed by atoms with Gasteiger partial charge in [-0.3, -0.25) is 0 Å². The zero-order valence-corrected chi connectivity index (χ0v) is 10.6. The van der Waals surface area contributed by atoms with Gasteiger partial charge in [0.05, 0.1) is 0 Å². The molecule has 1 aromatic carbocycles. The van der Waals surface area contributed by atoms with E-state index in [1.54, 1.807) is 12.1 Å². The quantitative estimate of drug-likeness (QED) is 0.862. The number of halogens is 1. The molecule has 0 aromatic heterocycles. The van der Waals surface area contributed by atoms with Crippen LogP contribution in [-0.4, -0.2) is 31.1 Å². The van der Waals surface area contributed by atoms with Crippen molar-refractivity contribution < 1.29 is 4.39 Å². The van der Waals surface area contributed by atoms with Gasteiger partial charge in [0.1, 0.15) is 5.82 Å². The lowest BCUT2D eigenvalue weighted by Gasteiger charge is -2.23. The Balaban J connectivity index is 1.86. The fraction of sp³-hybridized carbons (Fsp3) is 0.571. The van der Waals surface area contributed by atoms with E-state index in [-0.39, 0.29) is 5.82 Å². The number of hydrogen-bond acceptors (Lipinski definition) is 2. The fourth-order valence-corrected chi connectivity index (χ4v) is 2.49. The average Bonchev–Trinajstić information content (AvgIpc) is 2.64. The number of likely N-dealkylation sites (N-methyl/N-ethyl adjacent to an activating group) is 1. The average molecular weight is 236 g/mol. The van der Waals surface area contributed by atoms with Crippen LogP contribution in [0.3, 0.4) is 0 Å². The lowest BCUT2D eigenvalue weighted by atomic mass is 10.0. The van der Waals surface area contributed by atoms with Gasteiger partial charge in [0.2, 0.25) is 0 Å². The molecule has 3 heteroatoms. The summed E-state index contributed by atoms with van der Waals surface area (Å²) in [5.41, 5.74) is 1.04. The molecule has 0 aliphatic carbocycles. The second-order valence-corrected chi connectivity index (χ2v) is 5.15. The minimum atomic E-state index is -0.150. The summed E-state index contributed by atoms with van der Waals surface area (Å²) in [6, 6.07) is 7.43. The van der Waals surface area contributed by atoms with E-state index in [1.807, 2.05) is 6.07 Å². The summed E-state index contributed by atoms with van der Waals surface area (Å²) in [5, 5.41) is 3.52. The Morgan fingerprint density at radius 2 is 2.29 bits per heavy atom. The first kappa shape index (κ1) is 12.5. The molecule has 1 aliphatic rings. The van der Waals surface area contributed by atoms with E-state index in [2.05, 4.69) is 24.2 Å². The predicted octanol–water partition coefficient (Wildman–Crippen LogP) is 2.26. The molecule has 1 N–H and O–H groups in total. The summed E-state index contributed by atoms with van der Waals surface area (Å²) in [6.45, 7) is 5.25. The molecule has 2 unspecified atom stereocenters. The van der Waals surface area contributed by atoms with Crippen molar-refractivity contribution >= 4 is 0 Å². The highest BCUT2D eigenvalue weighted by molar-refractivity contribution is 5.16. The van der Waals surface area contributed by atoms with Gasteiger partial charge >= 0.3 is 0 Å². The van der Waals surface area contributed by atoms with Gasteiger partial charge in [0, 0.05) is 19.1 Å². The van der Waals surface area contributed by atoms with Gasteiger partial charge in [0.15, 0.2) is 0 Å². The normalized spacial score (nSPS) is 24.5. The Bertz CT molecular complexity index is 367. The minimum absolute atomic E-state index is 0.150. The number of nitrogens with zero attached hydrogens (tertiary/aromatic N) is 1. The van der Waals surface area contributed by atoms with Gasteiger partial charge in [0.25, 0.3) is 0 Å². The SMILES string of the molecule is CC1CCNC1CN(C)Cc1cccc(F)c1. The maximum absolute atomic E-state index is 13.1. The second kappa shape index (κ2) is 5.61. The summed E-state index contributed by atoms with van der Waals surface area (Å²) in [4.78, 5) is 2.26. The Morgan fingerprint density at radius 1 is 1.47 bits per heavy atom. The zero-order valence-electron chi connectivity index (χ0n) is 10.6. The highest BCUT2D eigenvalue weighted by atomic mass is 19.1. The molecule has 1 saturated heterocycles. The molecule has 0 bridgehead atoms. The molecule has 0 saturated carbocycles. The molecule has 1 aliphatic heterocycles. The van der Waals surface area contributed by atoms with Crippen LogP contribution in [0.25, 0.3) is 0 Å². The van der Waals surface area contributed by atoms with Gasteiger partial charge in [-0.2, -0.15) is 0 Å². The highest BCUT2D eigenvalue weighted by Gasteiger charge is 2.23. The van der Waals surface area contributed by atoms with Gasteiger partial charge in [-0.05, 0) is 43.6 Å². The molecule has 94 valence electrons. The van der Waals surface area contributed by atoms with Crippen molar-refractivity contribution in [2.24, 2.45) is 5.92 Å². The van der Waals surface area contributed by atoms with Crippen LogP contribution in [0.1, 0.15) is 18.9 Å². The lowest BCUT2D eigenvalue weighted by molar-refractivity contribution is 0.271. The molecule has 2 nitrogen and oxygen atoms in total. The molecule has 0 spiro atoms. The van der Waals surface area contributed by atoms with Crippen molar-refractivity contribution in [3.8, 4) is 0 Å². The summed E-state index contributed by atoms with van der Waals surface area (Å²) < 4.78 is 13.1. The molecule has 0 radical (unpaired) electrons. The van der Waals surface area contributed by atoms with Crippen molar-refractivity contribution in [1.82, 2.24) is 10.2 Å². The van der Waals surface area contributed by atoms with E-state index in [0.717, 1.165) is 31.1 Å². The van der Waals surface area contributed by atoms with Gasteiger partial charge in [-0.25, -0.2) is 4.39 Å². The summed E-state index contributed by atoms with van der Waals surface area (Å²) in [5.74, 6) is 0.591. The molecule has 2 atom stereocenters. The topological polar surface area (TPSA) is 15.3 Å². The van der Waals surface area contributed by atoms with Gasteiger partial charge < -0.3 is 10.2 Å². The van der Waals surface area contributed by atoms with Crippen LogP contribution in [0.4, 0.5) is 4.39 Å². The van der Waals surface area contributed by atoms with E-state index in [9.17, 15) is 4.39 Å². The smallest absolute Gasteiger partial charge is 0.123 e. The number of benzene rings is 1. The van der Waals surface area contributed by atoms with Crippen LogP contribution in [0.15, 0.2) is 24.3 Å². The summed E-state index contributed by atoms with van der Waals surface area (Å²) in [6.07, 6.45) is 1.26. The Labute approximate surface area is 103 Å². The van der Waals surface area contributed by atoms with E-state index in [0.29, 0.717) is 6.04 Å². The maximum atomic E-state index is 13.1. The third-order valence-corrected chi connectivity index (χ3v) is 3.54. The minimum Gasteiger partial charge on any atom is -0.312 e. The Kier molecular flexibility index (Phi) is 4.13. The Hall–Kier alpha value is -0.930. The van der Waals surface area contributed by atoms with E-state index < -0.39 is 0 Å². The monoisotopic (exact) mass is 236 g/mol. The molecule has 2 rings (SSSR count). The Morgan fingerprint density at radius 3 is 2.94 bits per heavy atom. The second-order valence-electron chi connectivity index (χ2n) is 5.15. The molecular formula is C14H21FN2. The predicted molar refractivity (Wildman–Crippen MR) is 68.3 cm³/mol. The molecule has 1 fully saturated rings. The van der Waals surface area contributed by atoms with Crippen LogP contribution in [-0.2, 0) is 6.54 Å². The van der Waals surface area contributed by atoms with Gasteiger partial charge in [-0.15, -0.1) is 0 Å². The van der Waals surface area contributed by atoms with E-state index >= 15 is 0 Å². The van der Waals surface area contributed by atoms with Crippen molar-refractivity contribution in [2.45, 2.75) is 25.9 Å². The van der Waals surface area contributed by atoms with Crippen LogP contribution < -0.4 is 5.32 Å². The third kappa shape index (κ3) is 3.51. The van der Waals surface area contributed by atoms with Crippen molar-refractivity contribution in [3.05, 3.63) is 35.6 Å². The fourth-order valence-electron chi connectivity index (χ4n) is 2.49. The van der Waals surface area contributed by atoms with Crippen molar-refractivity contribution in [1.29, 1.82) is 0 Å². The first-order chi connectivity index (χ1) is 8.15. The first-order valence-electron chi connectivity index (χ1n) is 6.31. The molecule has 17 heavy (non-hydrogen) atoms. The largest absolute Gasteiger partial charge is 0.312 e. The zero-order chi connectivity index (χ0) is 12.3. The molecule has 1 heterocycles. The molecule has 1 aromatic rings. The molecule has 0 amide bonds. The first-order valence-corrected chi connectivity index (χ1v) is 6.31. The number of nitrogens with one attached hydrogen (secondary N) is 1. The third-order valence-electron chi connectivity index (χ3n) is 3.54. The maximum Gasteiger partial charge on any atom is 0.123 e.